The van der Waals surface area contributed by atoms with Crippen LogP contribution in [0, 0.1) is 0 Å². The van der Waals surface area contributed by atoms with E-state index in [1.807, 2.05) is 6.92 Å². The fourth-order valence-corrected chi connectivity index (χ4v) is 1.15. The SMILES string of the molecule is CCCCOC(CCC(=O)NCCN)N=[N+]=[N-]. The zero-order valence-corrected chi connectivity index (χ0v) is 10.3. The smallest absolute Gasteiger partial charge is 0.220 e. The number of azide groups is 1. The van der Waals surface area contributed by atoms with Crippen LogP contribution >= 0.6 is 0 Å². The molecule has 0 rings (SSSR count). The topological polar surface area (TPSA) is 113 Å². The Kier molecular flexibility index (Phi) is 10.3. The summed E-state index contributed by atoms with van der Waals surface area (Å²) < 4.78 is 5.35. The average molecular weight is 243 g/mol. The number of amides is 1. The molecule has 0 aromatic heterocycles. The zero-order chi connectivity index (χ0) is 12.9. The molecule has 1 unspecified atom stereocenters. The molecule has 0 spiro atoms. The lowest BCUT2D eigenvalue weighted by atomic mass is 10.2. The quantitative estimate of drug-likeness (QED) is 0.261. The Morgan fingerprint density at radius 3 is 3.00 bits per heavy atom. The van der Waals surface area contributed by atoms with E-state index in [9.17, 15) is 4.79 Å². The second-order valence-corrected chi connectivity index (χ2v) is 3.56. The molecule has 7 heteroatoms. The molecular formula is C10H21N5O2. The molecule has 0 saturated carbocycles. The van der Waals surface area contributed by atoms with E-state index in [1.165, 1.54) is 0 Å². The first kappa shape index (κ1) is 15.7. The van der Waals surface area contributed by atoms with E-state index >= 15 is 0 Å². The first-order chi connectivity index (χ1) is 8.24. The van der Waals surface area contributed by atoms with Crippen LogP contribution in [0.3, 0.4) is 0 Å². The van der Waals surface area contributed by atoms with Gasteiger partial charge in [0.05, 0.1) is 0 Å². The van der Waals surface area contributed by atoms with Gasteiger partial charge in [0.25, 0.3) is 0 Å². The number of nitrogens with two attached hydrogens (primary N) is 1. The van der Waals surface area contributed by atoms with Gasteiger partial charge in [0.15, 0.2) is 0 Å². The van der Waals surface area contributed by atoms with E-state index in [1.54, 1.807) is 0 Å². The Balaban J connectivity index is 3.83. The number of nitrogens with zero attached hydrogens (tertiary/aromatic N) is 3. The van der Waals surface area contributed by atoms with Crippen molar-refractivity contribution in [3.8, 4) is 0 Å². The molecule has 0 fully saturated rings. The first-order valence-corrected chi connectivity index (χ1v) is 5.87. The van der Waals surface area contributed by atoms with Crippen LogP contribution in [0.15, 0.2) is 5.11 Å². The molecule has 0 saturated heterocycles. The van der Waals surface area contributed by atoms with Crippen molar-refractivity contribution in [1.82, 2.24) is 5.32 Å². The summed E-state index contributed by atoms with van der Waals surface area (Å²) in [6, 6.07) is 0. The number of carbonyl (C=O) groups excluding carboxylic acids is 1. The summed E-state index contributed by atoms with van der Waals surface area (Å²) in [6.07, 6.45) is 2.03. The van der Waals surface area contributed by atoms with Crippen LogP contribution < -0.4 is 11.1 Å². The van der Waals surface area contributed by atoms with Gasteiger partial charge in [-0.25, -0.2) is 0 Å². The van der Waals surface area contributed by atoms with Gasteiger partial charge in [-0.2, -0.15) is 0 Å². The van der Waals surface area contributed by atoms with E-state index in [0.29, 0.717) is 26.1 Å². The van der Waals surface area contributed by atoms with Crippen molar-refractivity contribution in [1.29, 1.82) is 0 Å². The van der Waals surface area contributed by atoms with Crippen LogP contribution in [0.5, 0.6) is 0 Å². The van der Waals surface area contributed by atoms with Crippen LogP contribution in [-0.2, 0) is 9.53 Å². The predicted octanol–water partition coefficient (Wildman–Crippen LogP) is 1.29. The lowest BCUT2D eigenvalue weighted by Crippen LogP contribution is -2.29. The molecule has 17 heavy (non-hydrogen) atoms. The van der Waals surface area contributed by atoms with Crippen LogP contribution in [0.1, 0.15) is 32.6 Å². The van der Waals surface area contributed by atoms with Crippen LogP contribution in [0.25, 0.3) is 10.4 Å². The Morgan fingerprint density at radius 2 is 2.41 bits per heavy atom. The van der Waals surface area contributed by atoms with Crippen molar-refractivity contribution in [2.24, 2.45) is 10.8 Å². The van der Waals surface area contributed by atoms with Gasteiger partial charge in [-0.1, -0.05) is 18.5 Å². The second-order valence-electron chi connectivity index (χ2n) is 3.56. The molecule has 7 nitrogen and oxygen atoms in total. The molecule has 0 bridgehead atoms. The maximum Gasteiger partial charge on any atom is 0.220 e. The number of rotatable bonds is 10. The largest absolute Gasteiger partial charge is 0.372 e. The summed E-state index contributed by atoms with van der Waals surface area (Å²) in [5.74, 6) is -0.104. The maximum absolute atomic E-state index is 11.3. The van der Waals surface area contributed by atoms with Gasteiger partial charge < -0.3 is 15.8 Å². The highest BCUT2D eigenvalue weighted by Gasteiger charge is 2.09. The minimum Gasteiger partial charge on any atom is -0.372 e. The predicted molar refractivity (Wildman–Crippen MR) is 65.1 cm³/mol. The Morgan fingerprint density at radius 1 is 1.65 bits per heavy atom. The van der Waals surface area contributed by atoms with Gasteiger partial charge in [0, 0.05) is 31.0 Å². The Labute approximate surface area is 101 Å². The Hall–Kier alpha value is -1.30. The summed E-state index contributed by atoms with van der Waals surface area (Å²) in [7, 11) is 0. The number of unbranched alkanes of at least 4 members (excludes halogenated alkanes) is 1. The van der Waals surface area contributed by atoms with Gasteiger partial charge in [-0.15, -0.1) is 0 Å². The number of ether oxygens (including phenoxy) is 1. The van der Waals surface area contributed by atoms with Crippen LogP contribution in [0.2, 0.25) is 0 Å². The molecule has 1 atom stereocenters. The van der Waals surface area contributed by atoms with Crippen LogP contribution in [0.4, 0.5) is 0 Å². The summed E-state index contributed by atoms with van der Waals surface area (Å²) in [5.41, 5.74) is 13.6. The van der Waals surface area contributed by atoms with Crippen molar-refractivity contribution < 1.29 is 9.53 Å². The molecule has 1 amide bonds. The van der Waals surface area contributed by atoms with Crippen molar-refractivity contribution in [2.45, 2.75) is 38.8 Å². The van der Waals surface area contributed by atoms with E-state index in [0.717, 1.165) is 12.8 Å². The third-order valence-electron chi connectivity index (χ3n) is 2.07. The van der Waals surface area contributed by atoms with Gasteiger partial charge in [-0.05, 0) is 18.4 Å². The number of hydrogen-bond donors (Lipinski definition) is 2. The standard InChI is InChI=1S/C10H21N5O2/c1-2-3-8-17-10(14-15-12)5-4-9(16)13-7-6-11/h10H,2-8,11H2,1H3,(H,13,16). The third-order valence-corrected chi connectivity index (χ3v) is 2.07. The van der Waals surface area contributed by atoms with Crippen molar-refractivity contribution in [3.05, 3.63) is 10.4 Å². The highest BCUT2D eigenvalue weighted by Crippen LogP contribution is 2.06. The summed E-state index contributed by atoms with van der Waals surface area (Å²) in [4.78, 5) is 14.0. The van der Waals surface area contributed by atoms with Gasteiger partial charge in [0.1, 0.15) is 6.23 Å². The molecule has 0 aromatic carbocycles. The fraction of sp³-hybridized carbons (Fsp3) is 0.900. The van der Waals surface area contributed by atoms with E-state index in [-0.39, 0.29) is 12.3 Å². The van der Waals surface area contributed by atoms with Crippen molar-refractivity contribution in [2.75, 3.05) is 19.7 Å². The summed E-state index contributed by atoms with van der Waals surface area (Å²) in [5, 5.41) is 6.14. The van der Waals surface area contributed by atoms with Gasteiger partial charge in [0.2, 0.25) is 5.91 Å². The lowest BCUT2D eigenvalue weighted by molar-refractivity contribution is -0.121. The van der Waals surface area contributed by atoms with E-state index < -0.39 is 6.23 Å². The summed E-state index contributed by atoms with van der Waals surface area (Å²) in [6.45, 7) is 3.47. The average Bonchev–Trinajstić information content (AvgIpc) is 2.33. The Bertz CT molecular complexity index is 253. The van der Waals surface area contributed by atoms with Crippen molar-refractivity contribution in [3.63, 3.8) is 0 Å². The van der Waals surface area contributed by atoms with Crippen LogP contribution in [-0.4, -0.2) is 31.8 Å². The molecule has 0 aliphatic carbocycles. The fourth-order valence-electron chi connectivity index (χ4n) is 1.15. The van der Waals surface area contributed by atoms with E-state index in [4.69, 9.17) is 16.0 Å². The van der Waals surface area contributed by atoms with E-state index in [2.05, 4.69) is 15.3 Å². The zero-order valence-electron chi connectivity index (χ0n) is 10.3. The summed E-state index contributed by atoms with van der Waals surface area (Å²) >= 11 is 0. The molecule has 0 heterocycles. The van der Waals surface area contributed by atoms with Gasteiger partial charge in [-0.3, -0.25) is 4.79 Å². The minimum atomic E-state index is -0.560. The third kappa shape index (κ3) is 9.62. The number of nitrogens with one attached hydrogen (secondary N) is 1. The normalized spacial score (nSPS) is 11.6. The monoisotopic (exact) mass is 243 g/mol. The molecule has 0 aliphatic heterocycles. The maximum atomic E-state index is 11.3. The number of hydrogen-bond acceptors (Lipinski definition) is 4. The van der Waals surface area contributed by atoms with Gasteiger partial charge >= 0.3 is 0 Å². The number of carbonyl (C=O) groups is 1. The van der Waals surface area contributed by atoms with Crippen molar-refractivity contribution >= 4 is 5.91 Å². The molecule has 0 radical (unpaired) electrons. The second kappa shape index (κ2) is 11.2. The molecule has 98 valence electrons. The molecule has 0 aliphatic rings. The first-order valence-electron chi connectivity index (χ1n) is 5.87. The highest BCUT2D eigenvalue weighted by molar-refractivity contribution is 5.75. The molecule has 3 N–H and O–H groups in total. The molecular weight excluding hydrogens is 222 g/mol. The highest BCUT2D eigenvalue weighted by atomic mass is 16.5. The lowest BCUT2D eigenvalue weighted by Gasteiger charge is -2.12. The minimum absolute atomic E-state index is 0.104. The molecule has 0 aromatic rings.